The first kappa shape index (κ1) is 15.0. The Hall–Kier alpha value is -1.04. The Kier molecular flexibility index (Phi) is 5.65. The number of aryl methyl sites for hydroxylation is 1. The van der Waals surface area contributed by atoms with Gasteiger partial charge >= 0.3 is 6.18 Å². The van der Waals surface area contributed by atoms with Crippen LogP contribution in [-0.4, -0.2) is 22.4 Å². The van der Waals surface area contributed by atoms with E-state index in [1.54, 1.807) is 0 Å². The summed E-state index contributed by atoms with van der Waals surface area (Å²) < 4.78 is 38.3. The Morgan fingerprint density at radius 3 is 2.67 bits per heavy atom. The fourth-order valence-electron chi connectivity index (χ4n) is 1.81. The van der Waals surface area contributed by atoms with Crippen molar-refractivity contribution in [2.24, 2.45) is 0 Å². The van der Waals surface area contributed by atoms with Gasteiger partial charge in [-0.2, -0.15) is 18.3 Å². The lowest BCUT2D eigenvalue weighted by Crippen LogP contribution is -2.25. The first-order chi connectivity index (χ1) is 8.43. The Morgan fingerprint density at radius 2 is 2.11 bits per heavy atom. The summed E-state index contributed by atoms with van der Waals surface area (Å²) >= 11 is 0. The molecular weight excluding hydrogens is 243 g/mol. The highest BCUT2D eigenvalue weighted by molar-refractivity contribution is 5.08. The molecule has 0 bridgehead atoms. The molecule has 0 aromatic carbocycles. The predicted molar refractivity (Wildman–Crippen MR) is 64.2 cm³/mol. The van der Waals surface area contributed by atoms with Gasteiger partial charge in [-0.25, -0.2) is 0 Å². The molecule has 0 aliphatic heterocycles. The van der Waals surface area contributed by atoms with E-state index in [2.05, 4.69) is 24.3 Å². The largest absolute Gasteiger partial charge is 0.419 e. The summed E-state index contributed by atoms with van der Waals surface area (Å²) in [6.45, 7) is 5.64. The van der Waals surface area contributed by atoms with Gasteiger partial charge in [0.1, 0.15) is 0 Å². The number of hydrogen-bond acceptors (Lipinski definition) is 2. The van der Waals surface area contributed by atoms with E-state index in [4.69, 9.17) is 0 Å². The highest BCUT2D eigenvalue weighted by Crippen LogP contribution is 2.28. The molecule has 18 heavy (non-hydrogen) atoms. The van der Waals surface area contributed by atoms with E-state index in [0.717, 1.165) is 38.2 Å². The molecular formula is C12H20F3N3. The number of hydrogen-bond donors (Lipinski definition) is 1. The molecule has 3 nitrogen and oxygen atoms in total. The van der Waals surface area contributed by atoms with Gasteiger partial charge in [0.15, 0.2) is 0 Å². The van der Waals surface area contributed by atoms with Gasteiger partial charge in [-0.05, 0) is 26.3 Å². The summed E-state index contributed by atoms with van der Waals surface area (Å²) in [6.07, 6.45) is 0.498. The Morgan fingerprint density at radius 1 is 1.39 bits per heavy atom. The second-order valence-electron chi connectivity index (χ2n) is 4.44. The zero-order chi connectivity index (χ0) is 13.6. The molecule has 1 atom stereocenters. The van der Waals surface area contributed by atoms with Crippen molar-refractivity contribution in [3.05, 3.63) is 18.0 Å². The van der Waals surface area contributed by atoms with E-state index in [0.29, 0.717) is 12.6 Å². The van der Waals surface area contributed by atoms with E-state index >= 15 is 0 Å². The van der Waals surface area contributed by atoms with Crippen molar-refractivity contribution >= 4 is 0 Å². The van der Waals surface area contributed by atoms with Gasteiger partial charge in [-0.15, -0.1) is 0 Å². The van der Waals surface area contributed by atoms with Gasteiger partial charge in [-0.1, -0.05) is 13.3 Å². The smallest absolute Gasteiger partial charge is 0.315 e. The molecule has 1 rings (SSSR count). The number of rotatable bonds is 7. The summed E-state index contributed by atoms with van der Waals surface area (Å²) in [7, 11) is 0. The quantitative estimate of drug-likeness (QED) is 0.766. The summed E-state index contributed by atoms with van der Waals surface area (Å²) in [5, 5.41) is 7.01. The molecule has 0 radical (unpaired) electrons. The summed E-state index contributed by atoms with van der Waals surface area (Å²) in [5.41, 5.74) is -0.677. The summed E-state index contributed by atoms with van der Waals surface area (Å²) in [5.74, 6) is 0. The number of alkyl halides is 3. The minimum absolute atomic E-state index is 0.457. The van der Waals surface area contributed by atoms with Gasteiger partial charge < -0.3 is 5.32 Å². The molecule has 1 aromatic heterocycles. The minimum Gasteiger partial charge on any atom is -0.315 e. The Labute approximate surface area is 105 Å². The van der Waals surface area contributed by atoms with Crippen molar-refractivity contribution in [1.82, 2.24) is 15.1 Å². The maximum Gasteiger partial charge on any atom is 0.419 e. The molecule has 1 N–H and O–H groups in total. The monoisotopic (exact) mass is 263 g/mol. The van der Waals surface area contributed by atoms with Gasteiger partial charge in [0.25, 0.3) is 0 Å². The third kappa shape index (κ3) is 5.08. The highest BCUT2D eigenvalue weighted by Gasteiger charge is 2.31. The van der Waals surface area contributed by atoms with E-state index in [1.165, 1.54) is 4.68 Å². The standard InChI is InChI=1S/C12H20F3N3/c1-3-16-10(2)6-4-5-7-18-9-11(8-17-18)12(13,14)15/h8-10,16H,3-7H2,1-2H3. The second kappa shape index (κ2) is 6.78. The number of nitrogens with zero attached hydrogens (tertiary/aromatic N) is 2. The van der Waals surface area contributed by atoms with Crippen molar-refractivity contribution in [3.63, 3.8) is 0 Å². The van der Waals surface area contributed by atoms with Crippen LogP contribution in [0.25, 0.3) is 0 Å². The fraction of sp³-hybridized carbons (Fsp3) is 0.750. The minimum atomic E-state index is -4.29. The van der Waals surface area contributed by atoms with E-state index in [1.807, 2.05) is 0 Å². The lowest BCUT2D eigenvalue weighted by molar-refractivity contribution is -0.137. The van der Waals surface area contributed by atoms with Crippen LogP contribution in [0.4, 0.5) is 13.2 Å². The fourth-order valence-corrected chi connectivity index (χ4v) is 1.81. The van der Waals surface area contributed by atoms with Crippen molar-refractivity contribution < 1.29 is 13.2 Å². The second-order valence-corrected chi connectivity index (χ2v) is 4.44. The molecule has 1 heterocycles. The number of halogens is 3. The first-order valence-corrected chi connectivity index (χ1v) is 6.26. The maximum atomic E-state index is 12.3. The lowest BCUT2D eigenvalue weighted by Gasteiger charge is -2.11. The molecule has 0 saturated carbocycles. The van der Waals surface area contributed by atoms with E-state index in [-0.39, 0.29) is 0 Å². The van der Waals surface area contributed by atoms with Crippen molar-refractivity contribution in [2.75, 3.05) is 6.54 Å². The molecule has 0 aliphatic carbocycles. The van der Waals surface area contributed by atoms with E-state index < -0.39 is 11.7 Å². The van der Waals surface area contributed by atoms with E-state index in [9.17, 15) is 13.2 Å². The van der Waals surface area contributed by atoms with Crippen LogP contribution in [-0.2, 0) is 12.7 Å². The molecule has 1 unspecified atom stereocenters. The predicted octanol–water partition coefficient (Wildman–Crippen LogP) is 3.07. The van der Waals surface area contributed by atoms with Crippen LogP contribution >= 0.6 is 0 Å². The first-order valence-electron chi connectivity index (χ1n) is 6.26. The SMILES string of the molecule is CCNC(C)CCCCn1cc(C(F)(F)F)cn1. The molecule has 0 saturated heterocycles. The summed E-state index contributed by atoms with van der Waals surface area (Å²) in [6, 6.07) is 0.457. The van der Waals surface area contributed by atoms with Gasteiger partial charge in [0.05, 0.1) is 11.8 Å². The normalized spacial score (nSPS) is 13.8. The average Bonchev–Trinajstić information content (AvgIpc) is 2.73. The van der Waals surface area contributed by atoms with Crippen LogP contribution in [0.5, 0.6) is 0 Å². The zero-order valence-electron chi connectivity index (χ0n) is 10.8. The number of unbranched alkanes of at least 4 members (excludes halogenated alkanes) is 1. The average molecular weight is 263 g/mol. The van der Waals surface area contributed by atoms with Gasteiger partial charge in [0.2, 0.25) is 0 Å². The van der Waals surface area contributed by atoms with Crippen LogP contribution in [0, 0.1) is 0 Å². The zero-order valence-corrected chi connectivity index (χ0v) is 10.8. The lowest BCUT2D eigenvalue weighted by atomic mass is 10.1. The Bertz CT molecular complexity index is 347. The summed E-state index contributed by atoms with van der Waals surface area (Å²) in [4.78, 5) is 0. The molecule has 0 fully saturated rings. The van der Waals surface area contributed by atoms with Crippen LogP contribution in [0.15, 0.2) is 12.4 Å². The van der Waals surface area contributed by atoms with Crippen LogP contribution < -0.4 is 5.32 Å². The van der Waals surface area contributed by atoms with Crippen LogP contribution in [0.3, 0.4) is 0 Å². The van der Waals surface area contributed by atoms with Crippen LogP contribution in [0.1, 0.15) is 38.7 Å². The molecule has 104 valence electrons. The van der Waals surface area contributed by atoms with Gasteiger partial charge in [0, 0.05) is 18.8 Å². The molecule has 6 heteroatoms. The van der Waals surface area contributed by atoms with Crippen molar-refractivity contribution in [3.8, 4) is 0 Å². The number of nitrogens with one attached hydrogen (secondary N) is 1. The third-order valence-corrected chi connectivity index (χ3v) is 2.79. The third-order valence-electron chi connectivity index (χ3n) is 2.79. The highest BCUT2D eigenvalue weighted by atomic mass is 19.4. The molecule has 1 aromatic rings. The molecule has 0 spiro atoms. The molecule has 0 amide bonds. The van der Waals surface area contributed by atoms with Crippen LogP contribution in [0.2, 0.25) is 0 Å². The topological polar surface area (TPSA) is 29.9 Å². The Balaban J connectivity index is 2.26. The number of aromatic nitrogens is 2. The maximum absolute atomic E-state index is 12.3. The van der Waals surface area contributed by atoms with Crippen molar-refractivity contribution in [2.45, 2.75) is 51.9 Å². The van der Waals surface area contributed by atoms with Gasteiger partial charge in [-0.3, -0.25) is 4.68 Å². The molecule has 0 aliphatic rings. The van der Waals surface area contributed by atoms with Crippen molar-refractivity contribution in [1.29, 1.82) is 0 Å².